The molecule has 0 amide bonds. The van der Waals surface area contributed by atoms with Gasteiger partial charge in [-0.3, -0.25) is 0 Å². The number of nitriles is 1. The van der Waals surface area contributed by atoms with E-state index in [1.54, 1.807) is 31.2 Å². The van der Waals surface area contributed by atoms with Gasteiger partial charge in [0.05, 0.1) is 0 Å². The summed E-state index contributed by atoms with van der Waals surface area (Å²) in [5.74, 6) is -0.0285. The third kappa shape index (κ3) is 3.52. The summed E-state index contributed by atoms with van der Waals surface area (Å²) in [6, 6.07) is 8.57. The lowest BCUT2D eigenvalue weighted by molar-refractivity contribution is -0.141. The zero-order chi connectivity index (χ0) is 15.6. The average Bonchev–Trinajstić information content (AvgIpc) is 2.41. The van der Waals surface area contributed by atoms with Crippen molar-refractivity contribution in [3.8, 4) is 17.7 Å². The molecule has 0 saturated heterocycles. The van der Waals surface area contributed by atoms with Gasteiger partial charge in [-0.25, -0.2) is 4.98 Å². The number of aryl methyl sites for hydroxylation is 1. The fraction of sp³-hybridized carbons (Fsp3) is 0.143. The molecule has 0 radical (unpaired) electrons. The SMILES string of the molecule is Cc1cc(Br)ccc1Oc1nc(C(F)(F)F)ccc1C#N. The predicted octanol–water partition coefficient (Wildman–Crippen LogP) is 4.84. The summed E-state index contributed by atoms with van der Waals surface area (Å²) in [5.41, 5.74) is -0.468. The summed E-state index contributed by atoms with van der Waals surface area (Å²) < 4.78 is 44.2. The average molecular weight is 357 g/mol. The number of alkyl halides is 3. The maximum Gasteiger partial charge on any atom is 0.433 e. The van der Waals surface area contributed by atoms with Crippen LogP contribution < -0.4 is 4.74 Å². The zero-order valence-electron chi connectivity index (χ0n) is 10.7. The van der Waals surface area contributed by atoms with Crippen molar-refractivity contribution in [2.24, 2.45) is 0 Å². The van der Waals surface area contributed by atoms with Crippen LogP contribution in [0.2, 0.25) is 0 Å². The Hall–Kier alpha value is -2.07. The molecule has 0 aliphatic heterocycles. The molecule has 1 heterocycles. The van der Waals surface area contributed by atoms with Crippen LogP contribution in [0.5, 0.6) is 11.6 Å². The lowest BCUT2D eigenvalue weighted by atomic mass is 10.2. The molecule has 7 heteroatoms. The van der Waals surface area contributed by atoms with E-state index in [0.717, 1.165) is 16.6 Å². The molecule has 0 spiro atoms. The standard InChI is InChI=1S/C14H8BrF3N2O/c1-8-6-10(15)3-4-11(8)21-13-9(7-19)2-5-12(20-13)14(16,17)18/h2-6H,1H3. The van der Waals surface area contributed by atoms with Gasteiger partial charge in [0.1, 0.15) is 23.1 Å². The van der Waals surface area contributed by atoms with Crippen molar-refractivity contribution in [2.45, 2.75) is 13.1 Å². The van der Waals surface area contributed by atoms with Crippen molar-refractivity contribution >= 4 is 15.9 Å². The highest BCUT2D eigenvalue weighted by molar-refractivity contribution is 9.10. The fourth-order valence-corrected chi connectivity index (χ4v) is 2.07. The van der Waals surface area contributed by atoms with Gasteiger partial charge in [0.15, 0.2) is 0 Å². The number of hydrogen-bond donors (Lipinski definition) is 0. The molecule has 0 fully saturated rings. The molecule has 3 nitrogen and oxygen atoms in total. The van der Waals surface area contributed by atoms with Crippen LogP contribution in [0, 0.1) is 18.3 Å². The number of nitrogens with zero attached hydrogens (tertiary/aromatic N) is 2. The molecule has 0 aliphatic carbocycles. The summed E-state index contributed by atoms with van der Waals surface area (Å²) in [5, 5.41) is 8.94. The van der Waals surface area contributed by atoms with Crippen LogP contribution in [0.15, 0.2) is 34.8 Å². The van der Waals surface area contributed by atoms with Crippen molar-refractivity contribution in [1.29, 1.82) is 5.26 Å². The maximum absolute atomic E-state index is 12.7. The molecular formula is C14H8BrF3N2O. The lowest BCUT2D eigenvalue weighted by Crippen LogP contribution is -2.09. The Morgan fingerprint density at radius 2 is 1.95 bits per heavy atom. The summed E-state index contributed by atoms with van der Waals surface area (Å²) in [4.78, 5) is 3.39. The van der Waals surface area contributed by atoms with E-state index in [1.807, 2.05) is 0 Å². The second-order valence-electron chi connectivity index (χ2n) is 4.17. The number of ether oxygens (including phenoxy) is 1. The first-order chi connectivity index (χ1) is 9.81. The van der Waals surface area contributed by atoms with Crippen LogP contribution in [0.25, 0.3) is 0 Å². The molecule has 0 unspecified atom stereocenters. The maximum atomic E-state index is 12.7. The quantitative estimate of drug-likeness (QED) is 0.773. The van der Waals surface area contributed by atoms with E-state index in [9.17, 15) is 13.2 Å². The Morgan fingerprint density at radius 1 is 1.24 bits per heavy atom. The highest BCUT2D eigenvalue weighted by atomic mass is 79.9. The van der Waals surface area contributed by atoms with Crippen LogP contribution in [0.1, 0.15) is 16.8 Å². The first kappa shape index (κ1) is 15.3. The number of benzene rings is 1. The van der Waals surface area contributed by atoms with E-state index in [0.29, 0.717) is 11.3 Å². The molecule has 0 aliphatic rings. The molecule has 108 valence electrons. The second-order valence-corrected chi connectivity index (χ2v) is 5.09. The minimum Gasteiger partial charge on any atom is -0.437 e. The number of aromatic nitrogens is 1. The molecule has 21 heavy (non-hydrogen) atoms. The molecule has 0 bridgehead atoms. The Kier molecular flexibility index (Phi) is 4.19. The monoisotopic (exact) mass is 356 g/mol. The van der Waals surface area contributed by atoms with Gasteiger partial charge in [-0.2, -0.15) is 18.4 Å². The lowest BCUT2D eigenvalue weighted by Gasteiger charge is -2.12. The molecule has 0 N–H and O–H groups in total. The van der Waals surface area contributed by atoms with Gasteiger partial charge in [-0.05, 0) is 42.8 Å². The Balaban J connectivity index is 2.45. The molecule has 1 aromatic heterocycles. The second kappa shape index (κ2) is 5.74. The van der Waals surface area contributed by atoms with Crippen LogP contribution in [0.4, 0.5) is 13.2 Å². The van der Waals surface area contributed by atoms with Crippen LogP contribution in [-0.2, 0) is 6.18 Å². The minimum absolute atomic E-state index is 0.0645. The summed E-state index contributed by atoms with van der Waals surface area (Å²) in [6.45, 7) is 1.74. The highest BCUT2D eigenvalue weighted by Gasteiger charge is 2.33. The van der Waals surface area contributed by atoms with Gasteiger partial charge in [-0.1, -0.05) is 15.9 Å². The Bertz CT molecular complexity index is 723. The van der Waals surface area contributed by atoms with Gasteiger partial charge in [0, 0.05) is 4.47 Å². The fourth-order valence-electron chi connectivity index (χ4n) is 1.59. The first-order valence-corrected chi connectivity index (χ1v) is 6.53. The largest absolute Gasteiger partial charge is 0.437 e. The Morgan fingerprint density at radius 3 is 2.52 bits per heavy atom. The van der Waals surface area contributed by atoms with Crippen molar-refractivity contribution in [3.63, 3.8) is 0 Å². The number of hydrogen-bond acceptors (Lipinski definition) is 3. The van der Waals surface area contributed by atoms with E-state index < -0.39 is 11.9 Å². The molecule has 2 rings (SSSR count). The van der Waals surface area contributed by atoms with E-state index in [4.69, 9.17) is 10.00 Å². The van der Waals surface area contributed by atoms with E-state index in [2.05, 4.69) is 20.9 Å². The molecule has 2 aromatic rings. The molecule has 0 saturated carbocycles. The number of halogens is 4. The van der Waals surface area contributed by atoms with Crippen molar-refractivity contribution in [2.75, 3.05) is 0 Å². The minimum atomic E-state index is -4.60. The molecular weight excluding hydrogens is 349 g/mol. The van der Waals surface area contributed by atoms with Gasteiger partial charge < -0.3 is 4.74 Å². The number of pyridine rings is 1. The van der Waals surface area contributed by atoms with Gasteiger partial charge >= 0.3 is 6.18 Å². The van der Waals surface area contributed by atoms with Gasteiger partial charge in [0.2, 0.25) is 5.88 Å². The zero-order valence-corrected chi connectivity index (χ0v) is 12.3. The van der Waals surface area contributed by atoms with Gasteiger partial charge in [0.25, 0.3) is 0 Å². The van der Waals surface area contributed by atoms with Gasteiger partial charge in [-0.15, -0.1) is 0 Å². The number of rotatable bonds is 2. The third-order valence-electron chi connectivity index (χ3n) is 2.61. The van der Waals surface area contributed by atoms with Crippen molar-refractivity contribution < 1.29 is 17.9 Å². The smallest absolute Gasteiger partial charge is 0.433 e. The Labute approximate surface area is 127 Å². The van der Waals surface area contributed by atoms with E-state index in [-0.39, 0.29) is 11.4 Å². The van der Waals surface area contributed by atoms with Crippen molar-refractivity contribution in [1.82, 2.24) is 4.98 Å². The van der Waals surface area contributed by atoms with E-state index >= 15 is 0 Å². The normalized spacial score (nSPS) is 11.0. The van der Waals surface area contributed by atoms with Crippen LogP contribution >= 0.6 is 15.9 Å². The van der Waals surface area contributed by atoms with Crippen LogP contribution in [-0.4, -0.2) is 4.98 Å². The van der Waals surface area contributed by atoms with E-state index in [1.165, 1.54) is 0 Å². The first-order valence-electron chi connectivity index (χ1n) is 5.73. The highest BCUT2D eigenvalue weighted by Crippen LogP contribution is 2.33. The summed E-state index contributed by atoms with van der Waals surface area (Å²) in [6.07, 6.45) is -4.60. The van der Waals surface area contributed by atoms with Crippen LogP contribution in [0.3, 0.4) is 0 Å². The molecule has 1 aromatic carbocycles. The topological polar surface area (TPSA) is 45.9 Å². The van der Waals surface area contributed by atoms with Crippen molar-refractivity contribution in [3.05, 3.63) is 51.6 Å². The predicted molar refractivity (Wildman–Crippen MR) is 72.9 cm³/mol. The summed E-state index contributed by atoms with van der Waals surface area (Å²) >= 11 is 3.28. The third-order valence-corrected chi connectivity index (χ3v) is 3.11. The molecule has 0 atom stereocenters. The summed E-state index contributed by atoms with van der Waals surface area (Å²) in [7, 11) is 0.